The van der Waals surface area contributed by atoms with Crippen molar-refractivity contribution in [2.24, 2.45) is 0 Å². The highest BCUT2D eigenvalue weighted by molar-refractivity contribution is 7.92. The average Bonchev–Trinajstić information content (AvgIpc) is 2.91. The number of sulfonamides is 1. The molecule has 0 aromatic carbocycles. The molecular weight excluding hydrogens is 278 g/mol. The van der Waals surface area contributed by atoms with Gasteiger partial charge in [-0.1, -0.05) is 0 Å². The van der Waals surface area contributed by atoms with Crippen molar-refractivity contribution >= 4 is 15.7 Å². The van der Waals surface area contributed by atoms with E-state index >= 15 is 0 Å². The van der Waals surface area contributed by atoms with Crippen molar-refractivity contribution in [2.45, 2.75) is 32.3 Å². The Morgan fingerprint density at radius 2 is 2.10 bits per heavy atom. The molecule has 2 aromatic rings. The number of hydrogen-bond acceptors (Lipinski definition) is 5. The first-order chi connectivity index (χ1) is 9.50. The highest BCUT2D eigenvalue weighted by atomic mass is 32.2. The van der Waals surface area contributed by atoms with Crippen LogP contribution in [0.2, 0.25) is 0 Å². The summed E-state index contributed by atoms with van der Waals surface area (Å²) in [6.45, 7) is 6.21. The van der Waals surface area contributed by atoms with Crippen LogP contribution in [0.3, 0.4) is 0 Å². The van der Waals surface area contributed by atoms with E-state index in [2.05, 4.69) is 15.2 Å². The highest BCUT2D eigenvalue weighted by Gasteiger charge is 2.27. The van der Waals surface area contributed by atoms with E-state index in [1.165, 1.54) is 15.3 Å². The van der Waals surface area contributed by atoms with E-state index in [1.807, 2.05) is 6.92 Å². The molecule has 108 valence electrons. The van der Waals surface area contributed by atoms with Crippen molar-refractivity contribution < 1.29 is 8.42 Å². The SMILES string of the molecule is CCN(c1cccnc1C)S(=O)(=O)c1cnn(CC)n1. The molecule has 0 unspecified atom stereocenters. The van der Waals surface area contributed by atoms with Gasteiger partial charge in [0.15, 0.2) is 0 Å². The minimum absolute atomic E-state index is 0.0514. The number of nitrogens with zero attached hydrogens (tertiary/aromatic N) is 5. The molecule has 2 aromatic heterocycles. The molecule has 0 atom stereocenters. The zero-order valence-electron chi connectivity index (χ0n) is 11.7. The first-order valence-corrected chi connectivity index (χ1v) is 7.79. The van der Waals surface area contributed by atoms with Gasteiger partial charge in [-0.2, -0.15) is 18.3 Å². The third-order valence-corrected chi connectivity index (χ3v) is 4.64. The van der Waals surface area contributed by atoms with Crippen molar-refractivity contribution in [1.82, 2.24) is 20.0 Å². The fourth-order valence-corrected chi connectivity index (χ4v) is 3.27. The fraction of sp³-hybridized carbons (Fsp3) is 0.417. The second-order valence-electron chi connectivity index (χ2n) is 4.15. The Labute approximate surface area is 118 Å². The van der Waals surface area contributed by atoms with Gasteiger partial charge in [0, 0.05) is 12.7 Å². The predicted octanol–water partition coefficient (Wildman–Crippen LogP) is 1.22. The van der Waals surface area contributed by atoms with Crippen molar-refractivity contribution in [2.75, 3.05) is 10.8 Å². The Bertz CT molecular complexity index is 695. The number of rotatable bonds is 5. The minimum Gasteiger partial charge on any atom is -0.263 e. The van der Waals surface area contributed by atoms with Gasteiger partial charge in [0.2, 0.25) is 5.03 Å². The zero-order valence-corrected chi connectivity index (χ0v) is 12.5. The summed E-state index contributed by atoms with van der Waals surface area (Å²) >= 11 is 0. The van der Waals surface area contributed by atoms with Gasteiger partial charge in [-0.3, -0.25) is 9.29 Å². The van der Waals surface area contributed by atoms with Gasteiger partial charge in [-0.15, -0.1) is 5.10 Å². The maximum Gasteiger partial charge on any atom is 0.285 e. The van der Waals surface area contributed by atoms with Crippen LogP contribution >= 0.6 is 0 Å². The average molecular weight is 295 g/mol. The molecule has 0 spiro atoms. The van der Waals surface area contributed by atoms with E-state index < -0.39 is 10.0 Å². The standard InChI is InChI=1S/C12H17N5O2S/c1-4-16(11-7-6-8-13-10(11)3)20(18,19)12-9-14-17(5-2)15-12/h6-9H,4-5H2,1-3H3. The van der Waals surface area contributed by atoms with Gasteiger partial charge >= 0.3 is 0 Å². The summed E-state index contributed by atoms with van der Waals surface area (Å²) in [5.41, 5.74) is 1.21. The van der Waals surface area contributed by atoms with E-state index in [4.69, 9.17) is 0 Å². The summed E-state index contributed by atoms with van der Waals surface area (Å²) in [7, 11) is -3.72. The Balaban J connectivity index is 2.48. The van der Waals surface area contributed by atoms with E-state index in [-0.39, 0.29) is 5.03 Å². The molecule has 0 aliphatic rings. The second kappa shape index (κ2) is 5.58. The van der Waals surface area contributed by atoms with Crippen LogP contribution in [0.15, 0.2) is 29.6 Å². The summed E-state index contributed by atoms with van der Waals surface area (Å²) in [5, 5.41) is 7.85. The van der Waals surface area contributed by atoms with Crippen LogP contribution in [0.4, 0.5) is 5.69 Å². The monoisotopic (exact) mass is 295 g/mol. The fourth-order valence-electron chi connectivity index (χ4n) is 1.87. The normalized spacial score (nSPS) is 11.6. The molecule has 0 aliphatic carbocycles. The number of anilines is 1. The molecule has 0 bridgehead atoms. The Hall–Kier alpha value is -1.96. The van der Waals surface area contributed by atoms with E-state index in [1.54, 1.807) is 32.2 Å². The largest absolute Gasteiger partial charge is 0.285 e. The molecule has 8 heteroatoms. The molecule has 20 heavy (non-hydrogen) atoms. The first kappa shape index (κ1) is 14.4. The molecule has 0 saturated carbocycles. The lowest BCUT2D eigenvalue weighted by molar-refractivity contribution is 0.548. The number of aromatic nitrogens is 4. The Morgan fingerprint density at radius 1 is 1.35 bits per heavy atom. The molecular formula is C12H17N5O2S. The number of aryl methyl sites for hydroxylation is 2. The molecule has 0 N–H and O–H groups in total. The van der Waals surface area contributed by atoms with Crippen LogP contribution in [-0.2, 0) is 16.6 Å². The lowest BCUT2D eigenvalue weighted by Crippen LogP contribution is -2.32. The van der Waals surface area contributed by atoms with Crippen LogP contribution in [-0.4, -0.2) is 34.9 Å². The number of hydrogen-bond donors (Lipinski definition) is 0. The highest BCUT2D eigenvalue weighted by Crippen LogP contribution is 2.23. The minimum atomic E-state index is -3.72. The maximum absolute atomic E-state index is 12.6. The topological polar surface area (TPSA) is 81.0 Å². The molecule has 0 aliphatic heterocycles. The van der Waals surface area contributed by atoms with Gasteiger partial charge in [-0.25, -0.2) is 0 Å². The van der Waals surface area contributed by atoms with Crippen LogP contribution in [0.5, 0.6) is 0 Å². The summed E-state index contributed by atoms with van der Waals surface area (Å²) in [5.74, 6) is 0. The van der Waals surface area contributed by atoms with Crippen LogP contribution in [0, 0.1) is 6.92 Å². The van der Waals surface area contributed by atoms with E-state index in [0.29, 0.717) is 24.5 Å². The van der Waals surface area contributed by atoms with Crippen molar-refractivity contribution in [3.63, 3.8) is 0 Å². The third-order valence-electron chi connectivity index (χ3n) is 2.89. The summed E-state index contributed by atoms with van der Waals surface area (Å²) < 4.78 is 26.5. The van der Waals surface area contributed by atoms with Gasteiger partial charge in [0.25, 0.3) is 10.0 Å². The lowest BCUT2D eigenvalue weighted by atomic mass is 10.3. The summed E-state index contributed by atoms with van der Waals surface area (Å²) in [6.07, 6.45) is 2.90. The van der Waals surface area contributed by atoms with Gasteiger partial charge in [0.05, 0.1) is 24.1 Å². The number of pyridine rings is 1. The third kappa shape index (κ3) is 2.51. The molecule has 0 amide bonds. The quantitative estimate of drug-likeness (QED) is 0.828. The molecule has 0 saturated heterocycles. The Kier molecular flexibility index (Phi) is 4.03. The summed E-state index contributed by atoms with van der Waals surface area (Å²) in [4.78, 5) is 5.47. The zero-order chi connectivity index (χ0) is 14.8. The molecule has 0 fully saturated rings. The van der Waals surface area contributed by atoms with Gasteiger partial charge in [0.1, 0.15) is 0 Å². The molecule has 2 heterocycles. The van der Waals surface area contributed by atoms with Crippen LogP contribution in [0.25, 0.3) is 0 Å². The summed E-state index contributed by atoms with van der Waals surface area (Å²) in [6, 6.07) is 3.44. The van der Waals surface area contributed by atoms with E-state index in [0.717, 1.165) is 0 Å². The van der Waals surface area contributed by atoms with Gasteiger partial charge < -0.3 is 0 Å². The Morgan fingerprint density at radius 3 is 2.65 bits per heavy atom. The first-order valence-electron chi connectivity index (χ1n) is 6.35. The van der Waals surface area contributed by atoms with Crippen molar-refractivity contribution in [3.8, 4) is 0 Å². The van der Waals surface area contributed by atoms with Crippen molar-refractivity contribution in [1.29, 1.82) is 0 Å². The predicted molar refractivity (Wildman–Crippen MR) is 74.9 cm³/mol. The molecule has 2 rings (SSSR count). The van der Waals surface area contributed by atoms with Gasteiger partial charge in [-0.05, 0) is 32.9 Å². The second-order valence-corrected chi connectivity index (χ2v) is 5.96. The molecule has 0 radical (unpaired) electrons. The van der Waals surface area contributed by atoms with Crippen LogP contribution in [0.1, 0.15) is 19.5 Å². The smallest absolute Gasteiger partial charge is 0.263 e. The van der Waals surface area contributed by atoms with E-state index in [9.17, 15) is 8.42 Å². The lowest BCUT2D eigenvalue weighted by Gasteiger charge is -2.22. The van der Waals surface area contributed by atoms with Crippen molar-refractivity contribution in [3.05, 3.63) is 30.2 Å². The van der Waals surface area contributed by atoms with Crippen LogP contribution < -0.4 is 4.31 Å². The maximum atomic E-state index is 12.6. The molecule has 7 nitrogen and oxygen atoms in total.